The van der Waals surface area contributed by atoms with Gasteiger partial charge in [0.15, 0.2) is 23.3 Å². The molecule has 1 aromatic heterocycles. The summed E-state index contributed by atoms with van der Waals surface area (Å²) in [5.74, 6) is -8.83. The first-order valence-corrected chi connectivity index (χ1v) is 9.08. The molecule has 0 unspecified atom stereocenters. The van der Waals surface area contributed by atoms with Crippen LogP contribution in [0.5, 0.6) is 0 Å². The van der Waals surface area contributed by atoms with Crippen molar-refractivity contribution in [2.45, 2.75) is 6.92 Å². The molecule has 2 N–H and O–H groups in total. The predicted octanol–water partition coefficient (Wildman–Crippen LogP) is 4.92. The van der Waals surface area contributed by atoms with Gasteiger partial charge in [-0.05, 0) is 25.1 Å². The van der Waals surface area contributed by atoms with Gasteiger partial charge in [-0.1, -0.05) is 42.0 Å². The molecule has 0 fully saturated rings. The second-order valence-corrected chi connectivity index (χ2v) is 6.71. The van der Waals surface area contributed by atoms with Gasteiger partial charge in [0.25, 0.3) is 5.91 Å². The summed E-state index contributed by atoms with van der Waals surface area (Å²) in [6.07, 6.45) is 0. The number of carbonyl (C=O) groups excluding carboxylic acids is 1. The molecule has 0 aliphatic rings. The van der Waals surface area contributed by atoms with Crippen LogP contribution in [0.2, 0.25) is 0 Å². The van der Waals surface area contributed by atoms with Crippen LogP contribution in [0.1, 0.15) is 15.9 Å². The number of nitrogens with one attached hydrogen (secondary N) is 2. The lowest BCUT2D eigenvalue weighted by Gasteiger charge is -2.12. The number of fused-ring (bicyclic) bond motifs is 1. The first kappa shape index (κ1) is 20.3. The maximum absolute atomic E-state index is 13.8. The van der Waals surface area contributed by atoms with E-state index < -0.39 is 34.7 Å². The zero-order valence-electron chi connectivity index (χ0n) is 16.0. The van der Waals surface area contributed by atoms with Gasteiger partial charge in [0.2, 0.25) is 5.95 Å². The monoisotopic (exact) mass is 426 g/mol. The fraction of sp³-hybridized carbons (Fsp3) is 0.0455. The zero-order chi connectivity index (χ0) is 22.1. The van der Waals surface area contributed by atoms with Crippen LogP contribution < -0.4 is 10.9 Å². The second kappa shape index (κ2) is 8.02. The van der Waals surface area contributed by atoms with Crippen LogP contribution in [-0.2, 0) is 0 Å². The van der Waals surface area contributed by atoms with Crippen molar-refractivity contribution in [3.05, 3.63) is 89.0 Å². The number of aromatic nitrogens is 2. The minimum Gasteiger partial charge on any atom is -0.267 e. The van der Waals surface area contributed by atoms with Crippen molar-refractivity contribution in [2.75, 3.05) is 5.43 Å². The number of rotatable bonds is 4. The van der Waals surface area contributed by atoms with E-state index in [0.29, 0.717) is 11.2 Å². The fourth-order valence-electron chi connectivity index (χ4n) is 3.03. The molecule has 1 amide bonds. The first-order valence-electron chi connectivity index (χ1n) is 9.08. The van der Waals surface area contributed by atoms with Crippen molar-refractivity contribution in [1.82, 2.24) is 15.4 Å². The predicted molar refractivity (Wildman–Crippen MR) is 107 cm³/mol. The van der Waals surface area contributed by atoms with Gasteiger partial charge in [-0.2, -0.15) is 0 Å². The minimum absolute atomic E-state index is 0.0352. The Labute approximate surface area is 173 Å². The highest BCUT2D eigenvalue weighted by Crippen LogP contribution is 2.28. The third-order valence-electron chi connectivity index (χ3n) is 4.53. The summed E-state index contributed by atoms with van der Waals surface area (Å²) in [4.78, 5) is 20.9. The van der Waals surface area contributed by atoms with Crippen LogP contribution >= 0.6 is 0 Å². The van der Waals surface area contributed by atoms with E-state index in [2.05, 4.69) is 20.8 Å². The van der Waals surface area contributed by atoms with Crippen molar-refractivity contribution in [1.29, 1.82) is 0 Å². The quantitative estimate of drug-likeness (QED) is 0.210. The Balaban J connectivity index is 1.68. The summed E-state index contributed by atoms with van der Waals surface area (Å²) in [7, 11) is 0. The average Bonchev–Trinajstić information content (AvgIpc) is 2.78. The normalized spacial score (nSPS) is 10.9. The lowest BCUT2D eigenvalue weighted by atomic mass is 10.0. The Morgan fingerprint density at radius 2 is 1.61 bits per heavy atom. The number of aryl methyl sites for hydroxylation is 1. The summed E-state index contributed by atoms with van der Waals surface area (Å²) < 4.78 is 53.8. The summed E-state index contributed by atoms with van der Waals surface area (Å²) in [6, 6.07) is 15.1. The number of hydrazine groups is 1. The standard InChI is InChI=1S/C22H14F4N4O/c1-11-7-8-16-13(9-11)20(12-5-3-2-4-6-12)28-22(27-16)30-29-21(31)14-10-15(23)18(25)19(26)17(14)24/h2-10H,1H3,(H,29,31)(H,27,28,30). The molecule has 0 aliphatic heterocycles. The molecule has 0 bridgehead atoms. The molecule has 0 saturated carbocycles. The van der Waals surface area contributed by atoms with Gasteiger partial charge >= 0.3 is 0 Å². The summed E-state index contributed by atoms with van der Waals surface area (Å²) >= 11 is 0. The Bertz CT molecular complexity index is 1310. The smallest absolute Gasteiger partial charge is 0.267 e. The van der Waals surface area contributed by atoms with Crippen LogP contribution in [0.25, 0.3) is 22.2 Å². The van der Waals surface area contributed by atoms with E-state index in [1.165, 1.54) is 0 Å². The number of hydrogen-bond donors (Lipinski definition) is 2. The molecule has 0 saturated heterocycles. The second-order valence-electron chi connectivity index (χ2n) is 6.71. The Morgan fingerprint density at radius 3 is 2.35 bits per heavy atom. The Hall–Kier alpha value is -4.01. The van der Waals surface area contributed by atoms with E-state index in [4.69, 9.17) is 0 Å². The van der Waals surface area contributed by atoms with Gasteiger partial charge in [-0.25, -0.2) is 27.5 Å². The topological polar surface area (TPSA) is 66.9 Å². The number of nitrogens with zero attached hydrogens (tertiary/aromatic N) is 2. The molecular weight excluding hydrogens is 412 g/mol. The van der Waals surface area contributed by atoms with E-state index in [9.17, 15) is 22.4 Å². The lowest BCUT2D eigenvalue weighted by Crippen LogP contribution is -2.31. The van der Waals surface area contributed by atoms with Crippen molar-refractivity contribution < 1.29 is 22.4 Å². The number of hydrogen-bond acceptors (Lipinski definition) is 4. The van der Waals surface area contributed by atoms with Crippen LogP contribution in [0.4, 0.5) is 23.5 Å². The molecule has 4 aromatic rings. The summed E-state index contributed by atoms with van der Waals surface area (Å²) in [6.45, 7) is 1.93. The van der Waals surface area contributed by atoms with Crippen molar-refractivity contribution in [3.63, 3.8) is 0 Å². The molecule has 0 radical (unpaired) electrons. The zero-order valence-corrected chi connectivity index (χ0v) is 16.0. The molecule has 0 spiro atoms. The third-order valence-corrected chi connectivity index (χ3v) is 4.53. The number of benzene rings is 3. The highest BCUT2D eigenvalue weighted by atomic mass is 19.2. The minimum atomic E-state index is -2.08. The van der Waals surface area contributed by atoms with Gasteiger partial charge in [0, 0.05) is 10.9 Å². The average molecular weight is 426 g/mol. The molecule has 4 rings (SSSR count). The van der Waals surface area contributed by atoms with Gasteiger partial charge in [0.05, 0.1) is 16.8 Å². The van der Waals surface area contributed by atoms with E-state index in [1.807, 2.05) is 49.4 Å². The van der Waals surface area contributed by atoms with Crippen molar-refractivity contribution in [3.8, 4) is 11.3 Å². The maximum Gasteiger partial charge on any atom is 0.272 e. The highest BCUT2D eigenvalue weighted by molar-refractivity contribution is 5.96. The van der Waals surface area contributed by atoms with Crippen molar-refractivity contribution in [2.24, 2.45) is 0 Å². The van der Waals surface area contributed by atoms with E-state index in [-0.39, 0.29) is 12.0 Å². The van der Waals surface area contributed by atoms with E-state index in [1.54, 1.807) is 6.07 Å². The van der Waals surface area contributed by atoms with Gasteiger partial charge in [-0.3, -0.25) is 15.6 Å². The maximum atomic E-state index is 13.8. The molecule has 0 atom stereocenters. The van der Waals surface area contributed by atoms with Crippen LogP contribution in [0.15, 0.2) is 54.6 Å². The molecule has 3 aromatic carbocycles. The van der Waals surface area contributed by atoms with Crippen LogP contribution in [-0.4, -0.2) is 15.9 Å². The molecule has 9 heteroatoms. The van der Waals surface area contributed by atoms with Gasteiger partial charge in [-0.15, -0.1) is 0 Å². The molecule has 5 nitrogen and oxygen atoms in total. The number of anilines is 1. The third kappa shape index (κ3) is 3.89. The fourth-order valence-corrected chi connectivity index (χ4v) is 3.03. The largest absolute Gasteiger partial charge is 0.272 e. The van der Waals surface area contributed by atoms with Crippen LogP contribution in [0, 0.1) is 30.2 Å². The number of halogens is 4. The number of carbonyl (C=O) groups is 1. The molecule has 31 heavy (non-hydrogen) atoms. The molecular formula is C22H14F4N4O. The van der Waals surface area contributed by atoms with Gasteiger partial charge in [0.1, 0.15) is 0 Å². The lowest BCUT2D eigenvalue weighted by molar-refractivity contribution is 0.0956. The Kier molecular flexibility index (Phi) is 5.24. The molecule has 0 aliphatic carbocycles. The summed E-state index contributed by atoms with van der Waals surface area (Å²) in [5.41, 5.74) is 6.42. The van der Waals surface area contributed by atoms with Crippen molar-refractivity contribution >= 4 is 22.8 Å². The first-order chi connectivity index (χ1) is 14.8. The molecule has 1 heterocycles. The SMILES string of the molecule is Cc1ccc2nc(NNC(=O)c3cc(F)c(F)c(F)c3F)nc(-c3ccccc3)c2c1. The van der Waals surface area contributed by atoms with Gasteiger partial charge < -0.3 is 0 Å². The Morgan fingerprint density at radius 1 is 0.871 bits per heavy atom. The summed E-state index contributed by atoms with van der Waals surface area (Å²) in [5, 5.41) is 0.775. The van der Waals surface area contributed by atoms with Crippen LogP contribution in [0.3, 0.4) is 0 Å². The van der Waals surface area contributed by atoms with E-state index >= 15 is 0 Å². The number of amides is 1. The molecule has 156 valence electrons. The highest BCUT2D eigenvalue weighted by Gasteiger charge is 2.23. The van der Waals surface area contributed by atoms with E-state index in [0.717, 1.165) is 16.5 Å².